The van der Waals surface area contributed by atoms with E-state index >= 15 is 0 Å². The predicted octanol–water partition coefficient (Wildman–Crippen LogP) is 17.2. The fourth-order valence-electron chi connectivity index (χ4n) is 7.72. The maximum Gasteiger partial charge on any atom is 0.306 e. The molecule has 0 heterocycles. The van der Waals surface area contributed by atoms with Crippen molar-refractivity contribution in [2.24, 2.45) is 0 Å². The van der Waals surface area contributed by atoms with E-state index in [2.05, 4.69) is 45.1 Å². The standard InChI is InChI=1S/C54H100O6/c1-4-7-10-13-15-17-19-21-22-23-24-25-26-27-28-29-30-31-33-34-36-38-41-44-47-53(56)59-50-51(49-58-52(55)46-43-40-12-9-6-3)60-54(57)48-45-42-39-37-35-32-20-18-16-14-11-8-5-2/h11,14,18,20,51H,4-10,12-13,15-17,19,21-50H2,1-3H3/b14-11-,20-18-. The second-order valence-electron chi connectivity index (χ2n) is 17.8. The van der Waals surface area contributed by atoms with Crippen molar-refractivity contribution in [3.05, 3.63) is 24.3 Å². The van der Waals surface area contributed by atoms with Crippen LogP contribution in [0.1, 0.15) is 284 Å². The second kappa shape index (κ2) is 49.5. The molecule has 60 heavy (non-hydrogen) atoms. The van der Waals surface area contributed by atoms with Gasteiger partial charge in [-0.05, 0) is 44.9 Å². The maximum atomic E-state index is 12.7. The van der Waals surface area contributed by atoms with Gasteiger partial charge in [-0.1, -0.05) is 244 Å². The lowest BCUT2D eigenvalue weighted by atomic mass is 10.0. The highest BCUT2D eigenvalue weighted by Crippen LogP contribution is 2.17. The number of carbonyl (C=O) groups is 3. The van der Waals surface area contributed by atoms with Crippen LogP contribution >= 0.6 is 0 Å². The zero-order chi connectivity index (χ0) is 43.7. The average molecular weight is 845 g/mol. The number of ether oxygens (including phenoxy) is 3. The molecule has 0 aliphatic heterocycles. The molecule has 6 heteroatoms. The number of esters is 3. The van der Waals surface area contributed by atoms with Gasteiger partial charge < -0.3 is 14.2 Å². The van der Waals surface area contributed by atoms with Gasteiger partial charge in [-0.15, -0.1) is 0 Å². The van der Waals surface area contributed by atoms with Gasteiger partial charge in [0.15, 0.2) is 6.10 Å². The number of rotatable bonds is 48. The molecule has 0 spiro atoms. The highest BCUT2D eigenvalue weighted by molar-refractivity contribution is 5.71. The molecule has 6 nitrogen and oxygen atoms in total. The molecule has 0 saturated carbocycles. The van der Waals surface area contributed by atoms with E-state index in [4.69, 9.17) is 14.2 Å². The van der Waals surface area contributed by atoms with Gasteiger partial charge in [0.05, 0.1) is 0 Å². The van der Waals surface area contributed by atoms with Gasteiger partial charge in [0.2, 0.25) is 0 Å². The summed E-state index contributed by atoms with van der Waals surface area (Å²) in [6, 6.07) is 0. The van der Waals surface area contributed by atoms with Crippen molar-refractivity contribution in [2.45, 2.75) is 290 Å². The number of carbonyl (C=O) groups excluding carboxylic acids is 3. The van der Waals surface area contributed by atoms with Crippen LogP contribution in [0.5, 0.6) is 0 Å². The zero-order valence-electron chi connectivity index (χ0n) is 40.2. The SMILES string of the molecule is CCC/C=C\C/C=C\CCCCCCCC(=O)OC(COC(=O)CCCCCCC)COC(=O)CCCCCCCCCCCCCCCCCCCCCCCCCC. The lowest BCUT2D eigenvalue weighted by molar-refractivity contribution is -0.167. The summed E-state index contributed by atoms with van der Waals surface area (Å²) in [7, 11) is 0. The molecule has 0 radical (unpaired) electrons. The fourth-order valence-corrected chi connectivity index (χ4v) is 7.72. The summed E-state index contributed by atoms with van der Waals surface area (Å²) < 4.78 is 16.6. The van der Waals surface area contributed by atoms with Crippen molar-refractivity contribution in [2.75, 3.05) is 13.2 Å². The lowest BCUT2D eigenvalue weighted by Gasteiger charge is -2.18. The van der Waals surface area contributed by atoms with E-state index < -0.39 is 6.10 Å². The number of hydrogen-bond acceptors (Lipinski definition) is 6. The van der Waals surface area contributed by atoms with Gasteiger partial charge in [-0.25, -0.2) is 0 Å². The van der Waals surface area contributed by atoms with E-state index in [1.54, 1.807) is 0 Å². The average Bonchev–Trinajstić information content (AvgIpc) is 3.24. The molecule has 0 bridgehead atoms. The van der Waals surface area contributed by atoms with Crippen molar-refractivity contribution in [3.63, 3.8) is 0 Å². The molecule has 0 amide bonds. The van der Waals surface area contributed by atoms with Crippen molar-refractivity contribution in [1.82, 2.24) is 0 Å². The van der Waals surface area contributed by atoms with E-state index in [9.17, 15) is 14.4 Å². The summed E-state index contributed by atoms with van der Waals surface area (Å²) in [6.45, 7) is 6.51. The molecular formula is C54H100O6. The van der Waals surface area contributed by atoms with Crippen LogP contribution in [0.2, 0.25) is 0 Å². The Kier molecular flexibility index (Phi) is 47.8. The Labute approximate surface area is 373 Å². The molecule has 0 aromatic rings. The largest absolute Gasteiger partial charge is 0.462 e. The first kappa shape index (κ1) is 57.9. The Bertz CT molecular complexity index is 973. The van der Waals surface area contributed by atoms with Crippen molar-refractivity contribution >= 4 is 17.9 Å². The Morgan fingerprint density at radius 2 is 0.633 bits per heavy atom. The van der Waals surface area contributed by atoms with Crippen LogP contribution in [-0.4, -0.2) is 37.2 Å². The van der Waals surface area contributed by atoms with Crippen LogP contribution in [-0.2, 0) is 28.6 Å². The molecule has 0 aliphatic carbocycles. The maximum absolute atomic E-state index is 12.7. The molecule has 1 atom stereocenters. The molecule has 352 valence electrons. The topological polar surface area (TPSA) is 78.9 Å². The molecule has 1 unspecified atom stereocenters. The molecule has 0 aromatic heterocycles. The van der Waals surface area contributed by atoms with E-state index in [1.807, 2.05) is 0 Å². The number of unbranched alkanes of at least 4 members (excludes halogenated alkanes) is 33. The van der Waals surface area contributed by atoms with Crippen LogP contribution in [0.25, 0.3) is 0 Å². The highest BCUT2D eigenvalue weighted by Gasteiger charge is 2.19. The van der Waals surface area contributed by atoms with Crippen LogP contribution < -0.4 is 0 Å². The second-order valence-corrected chi connectivity index (χ2v) is 17.8. The fraction of sp³-hybridized carbons (Fsp3) is 0.870. The Morgan fingerprint density at radius 1 is 0.333 bits per heavy atom. The molecular weight excluding hydrogens is 745 g/mol. The smallest absolute Gasteiger partial charge is 0.306 e. The first-order valence-corrected chi connectivity index (χ1v) is 26.3. The molecule has 0 fully saturated rings. The first-order valence-electron chi connectivity index (χ1n) is 26.3. The monoisotopic (exact) mass is 845 g/mol. The number of hydrogen-bond donors (Lipinski definition) is 0. The minimum atomic E-state index is -0.770. The van der Waals surface area contributed by atoms with Crippen LogP contribution in [0.15, 0.2) is 24.3 Å². The van der Waals surface area contributed by atoms with E-state index in [1.165, 1.54) is 148 Å². The quantitative estimate of drug-likeness (QED) is 0.0263. The minimum Gasteiger partial charge on any atom is -0.462 e. The van der Waals surface area contributed by atoms with Gasteiger partial charge in [0.25, 0.3) is 0 Å². The van der Waals surface area contributed by atoms with Gasteiger partial charge >= 0.3 is 17.9 Å². The Morgan fingerprint density at radius 3 is 0.983 bits per heavy atom. The summed E-state index contributed by atoms with van der Waals surface area (Å²) in [6.07, 6.45) is 56.5. The molecule has 0 N–H and O–H groups in total. The summed E-state index contributed by atoms with van der Waals surface area (Å²) in [5, 5.41) is 0. The third-order valence-electron chi connectivity index (χ3n) is 11.7. The molecule has 0 rings (SSSR count). The number of allylic oxidation sites excluding steroid dienone is 4. The molecule has 0 aliphatic rings. The minimum absolute atomic E-state index is 0.0737. The van der Waals surface area contributed by atoms with Crippen LogP contribution in [0, 0.1) is 0 Å². The molecule has 0 aromatic carbocycles. The summed E-state index contributed by atoms with van der Waals surface area (Å²) in [5.41, 5.74) is 0. The first-order chi connectivity index (χ1) is 29.5. The summed E-state index contributed by atoms with van der Waals surface area (Å²) in [5.74, 6) is -0.891. The predicted molar refractivity (Wildman–Crippen MR) is 256 cm³/mol. The summed E-state index contributed by atoms with van der Waals surface area (Å²) >= 11 is 0. The van der Waals surface area contributed by atoms with Crippen LogP contribution in [0.3, 0.4) is 0 Å². The lowest BCUT2D eigenvalue weighted by Crippen LogP contribution is -2.30. The van der Waals surface area contributed by atoms with Crippen LogP contribution in [0.4, 0.5) is 0 Å². The third-order valence-corrected chi connectivity index (χ3v) is 11.7. The van der Waals surface area contributed by atoms with E-state index in [0.717, 1.165) is 96.3 Å². The third kappa shape index (κ3) is 46.9. The Hall–Kier alpha value is -2.11. The van der Waals surface area contributed by atoms with E-state index in [-0.39, 0.29) is 31.1 Å². The van der Waals surface area contributed by atoms with Crippen molar-refractivity contribution in [1.29, 1.82) is 0 Å². The van der Waals surface area contributed by atoms with Crippen molar-refractivity contribution in [3.8, 4) is 0 Å². The van der Waals surface area contributed by atoms with E-state index in [0.29, 0.717) is 19.3 Å². The van der Waals surface area contributed by atoms with Gasteiger partial charge in [-0.3, -0.25) is 14.4 Å². The van der Waals surface area contributed by atoms with Crippen molar-refractivity contribution < 1.29 is 28.6 Å². The van der Waals surface area contributed by atoms with Gasteiger partial charge in [0, 0.05) is 19.3 Å². The van der Waals surface area contributed by atoms with Gasteiger partial charge in [-0.2, -0.15) is 0 Å². The summed E-state index contributed by atoms with van der Waals surface area (Å²) in [4.78, 5) is 37.6. The highest BCUT2D eigenvalue weighted by atomic mass is 16.6. The zero-order valence-corrected chi connectivity index (χ0v) is 40.2. The normalized spacial score (nSPS) is 12.1. The molecule has 0 saturated heterocycles. The Balaban J connectivity index is 4.02. The van der Waals surface area contributed by atoms with Gasteiger partial charge in [0.1, 0.15) is 13.2 Å².